The number of carbonyl (C=O) groups is 2. The van der Waals surface area contributed by atoms with E-state index in [4.69, 9.17) is 5.11 Å². The van der Waals surface area contributed by atoms with Crippen molar-refractivity contribution in [3.05, 3.63) is 24.2 Å². The maximum absolute atomic E-state index is 12.0. The zero-order valence-corrected chi connectivity index (χ0v) is 11.0. The van der Waals surface area contributed by atoms with E-state index >= 15 is 0 Å². The van der Waals surface area contributed by atoms with Gasteiger partial charge in [0.05, 0.1) is 12.4 Å². The molecular weight excluding hydrogens is 264 g/mol. The highest BCUT2D eigenvalue weighted by molar-refractivity contribution is 6.02. The summed E-state index contributed by atoms with van der Waals surface area (Å²) in [4.78, 5) is 22.5. The number of aromatic nitrogens is 5. The second-order valence-corrected chi connectivity index (χ2v) is 4.40. The molecule has 0 atom stereocenters. The number of carboxylic acid groups (broad SMARTS) is 1. The quantitative estimate of drug-likeness (QED) is 0.817. The normalized spacial score (nSPS) is 10.8. The summed E-state index contributed by atoms with van der Waals surface area (Å²) in [7, 11) is 0. The molecule has 0 radical (unpaired) electrons. The van der Waals surface area contributed by atoms with Crippen LogP contribution in [-0.2, 0) is 11.3 Å². The van der Waals surface area contributed by atoms with Crippen molar-refractivity contribution in [2.75, 3.05) is 5.32 Å². The highest BCUT2D eigenvalue weighted by atomic mass is 16.4. The molecule has 106 valence electrons. The number of hydrogen-bond acceptors (Lipinski definition) is 5. The van der Waals surface area contributed by atoms with Crippen molar-refractivity contribution in [3.8, 4) is 0 Å². The fraction of sp³-hybridized carbons (Fsp3) is 0.364. The van der Waals surface area contributed by atoms with E-state index in [1.165, 1.54) is 6.20 Å². The molecule has 0 aliphatic rings. The van der Waals surface area contributed by atoms with Crippen LogP contribution >= 0.6 is 0 Å². The average molecular weight is 278 g/mol. The summed E-state index contributed by atoms with van der Waals surface area (Å²) < 4.78 is 2.73. The Balaban J connectivity index is 2.10. The number of aliphatic carboxylic acids is 1. The molecule has 0 aliphatic heterocycles. The number of anilines is 1. The van der Waals surface area contributed by atoms with Gasteiger partial charge in [-0.2, -0.15) is 5.10 Å². The van der Waals surface area contributed by atoms with Gasteiger partial charge in [-0.25, -0.2) is 9.36 Å². The van der Waals surface area contributed by atoms with Crippen LogP contribution < -0.4 is 5.32 Å². The standard InChI is InChI=1S/C11H14N6O3/c1-7(2)17-9(3-4-12-17)13-11(20)8-5-16(15-14-8)6-10(18)19/h3-5,7H,6H2,1-2H3,(H,13,20)(H,18,19). The second-order valence-electron chi connectivity index (χ2n) is 4.40. The lowest BCUT2D eigenvalue weighted by Gasteiger charge is -2.10. The lowest BCUT2D eigenvalue weighted by atomic mass is 10.4. The summed E-state index contributed by atoms with van der Waals surface area (Å²) in [6.07, 6.45) is 2.86. The van der Waals surface area contributed by atoms with Crippen LogP contribution in [-0.4, -0.2) is 41.8 Å². The number of nitrogens with one attached hydrogen (secondary N) is 1. The summed E-state index contributed by atoms with van der Waals surface area (Å²) in [5.41, 5.74) is 0.0442. The molecule has 0 bridgehead atoms. The zero-order chi connectivity index (χ0) is 14.7. The first-order valence-corrected chi connectivity index (χ1v) is 5.94. The fourth-order valence-electron chi connectivity index (χ4n) is 1.62. The van der Waals surface area contributed by atoms with Gasteiger partial charge in [0, 0.05) is 12.1 Å². The van der Waals surface area contributed by atoms with E-state index in [1.807, 2.05) is 13.8 Å². The third-order valence-electron chi connectivity index (χ3n) is 2.47. The van der Waals surface area contributed by atoms with Crippen molar-refractivity contribution in [3.63, 3.8) is 0 Å². The monoisotopic (exact) mass is 278 g/mol. The number of amides is 1. The molecule has 0 saturated carbocycles. The van der Waals surface area contributed by atoms with Crippen LogP contribution in [0.25, 0.3) is 0 Å². The molecule has 1 amide bonds. The lowest BCUT2D eigenvalue weighted by molar-refractivity contribution is -0.137. The largest absolute Gasteiger partial charge is 0.480 e. The van der Waals surface area contributed by atoms with Crippen molar-refractivity contribution in [1.82, 2.24) is 24.8 Å². The van der Waals surface area contributed by atoms with Crippen molar-refractivity contribution >= 4 is 17.7 Å². The number of rotatable bonds is 5. The Morgan fingerprint density at radius 3 is 2.85 bits per heavy atom. The first kappa shape index (κ1) is 13.7. The maximum Gasteiger partial charge on any atom is 0.325 e. The summed E-state index contributed by atoms with van der Waals surface area (Å²) in [6.45, 7) is 3.53. The Hall–Kier alpha value is -2.71. The van der Waals surface area contributed by atoms with Gasteiger partial charge < -0.3 is 10.4 Å². The molecule has 0 spiro atoms. The summed E-state index contributed by atoms with van der Waals surface area (Å²) >= 11 is 0. The SMILES string of the molecule is CC(C)n1nccc1NC(=O)c1cn(CC(=O)O)nn1. The zero-order valence-electron chi connectivity index (χ0n) is 11.0. The van der Waals surface area contributed by atoms with E-state index in [2.05, 4.69) is 20.7 Å². The van der Waals surface area contributed by atoms with Crippen LogP contribution in [0.1, 0.15) is 30.4 Å². The van der Waals surface area contributed by atoms with E-state index in [1.54, 1.807) is 16.9 Å². The summed E-state index contributed by atoms with van der Waals surface area (Å²) in [5, 5.41) is 22.6. The van der Waals surface area contributed by atoms with E-state index in [9.17, 15) is 9.59 Å². The fourth-order valence-corrected chi connectivity index (χ4v) is 1.62. The summed E-state index contributed by atoms with van der Waals surface area (Å²) in [6, 6.07) is 1.77. The number of carboxylic acids is 1. The lowest BCUT2D eigenvalue weighted by Crippen LogP contribution is -2.17. The van der Waals surface area contributed by atoms with Gasteiger partial charge in [-0.05, 0) is 13.8 Å². The van der Waals surface area contributed by atoms with Crippen LogP contribution in [0, 0.1) is 0 Å². The Bertz CT molecular complexity index is 630. The predicted molar refractivity (Wildman–Crippen MR) is 68.2 cm³/mol. The minimum Gasteiger partial charge on any atom is -0.480 e. The molecule has 9 heteroatoms. The van der Waals surface area contributed by atoms with E-state index < -0.39 is 11.9 Å². The smallest absolute Gasteiger partial charge is 0.325 e. The highest BCUT2D eigenvalue weighted by Crippen LogP contribution is 2.13. The molecule has 2 heterocycles. The van der Waals surface area contributed by atoms with Crippen LogP contribution in [0.15, 0.2) is 18.5 Å². The van der Waals surface area contributed by atoms with Gasteiger partial charge in [0.2, 0.25) is 0 Å². The Morgan fingerprint density at radius 2 is 2.20 bits per heavy atom. The molecule has 2 N–H and O–H groups in total. The van der Waals surface area contributed by atoms with E-state index in [0.29, 0.717) is 5.82 Å². The number of carbonyl (C=O) groups excluding carboxylic acids is 1. The minimum absolute atomic E-state index is 0.0442. The molecule has 0 aliphatic carbocycles. The van der Waals surface area contributed by atoms with E-state index in [-0.39, 0.29) is 18.3 Å². The van der Waals surface area contributed by atoms with E-state index in [0.717, 1.165) is 4.68 Å². The first-order valence-electron chi connectivity index (χ1n) is 5.94. The van der Waals surface area contributed by atoms with Gasteiger partial charge in [0.1, 0.15) is 12.4 Å². The van der Waals surface area contributed by atoms with Gasteiger partial charge in [0.15, 0.2) is 5.69 Å². The van der Waals surface area contributed by atoms with Crippen molar-refractivity contribution in [1.29, 1.82) is 0 Å². The highest BCUT2D eigenvalue weighted by Gasteiger charge is 2.15. The van der Waals surface area contributed by atoms with Gasteiger partial charge in [-0.3, -0.25) is 9.59 Å². The molecule has 2 aromatic rings. The molecule has 2 rings (SSSR count). The Kier molecular flexibility index (Phi) is 3.78. The van der Waals surface area contributed by atoms with Gasteiger partial charge in [0.25, 0.3) is 5.91 Å². The Labute approximate surface area is 114 Å². The minimum atomic E-state index is -1.06. The molecule has 0 unspecified atom stereocenters. The van der Waals surface area contributed by atoms with Crippen molar-refractivity contribution < 1.29 is 14.7 Å². The Morgan fingerprint density at radius 1 is 1.45 bits per heavy atom. The third kappa shape index (κ3) is 2.99. The van der Waals surface area contributed by atoms with Crippen molar-refractivity contribution in [2.24, 2.45) is 0 Å². The average Bonchev–Trinajstić information content (AvgIpc) is 2.97. The molecule has 0 saturated heterocycles. The molecule has 9 nitrogen and oxygen atoms in total. The predicted octanol–water partition coefficient (Wildman–Crippen LogP) is 0.392. The topological polar surface area (TPSA) is 115 Å². The molecule has 0 aromatic carbocycles. The van der Waals surface area contributed by atoms with Crippen molar-refractivity contribution in [2.45, 2.75) is 26.4 Å². The third-order valence-corrected chi connectivity index (χ3v) is 2.47. The molecular formula is C11H14N6O3. The van der Waals surface area contributed by atoms with Crippen LogP contribution in [0.4, 0.5) is 5.82 Å². The number of hydrogen-bond donors (Lipinski definition) is 2. The van der Waals surface area contributed by atoms with Crippen LogP contribution in [0.5, 0.6) is 0 Å². The van der Waals surface area contributed by atoms with Crippen LogP contribution in [0.2, 0.25) is 0 Å². The molecule has 20 heavy (non-hydrogen) atoms. The van der Waals surface area contributed by atoms with Gasteiger partial charge >= 0.3 is 5.97 Å². The second kappa shape index (κ2) is 5.51. The number of nitrogens with zero attached hydrogens (tertiary/aromatic N) is 5. The summed E-state index contributed by atoms with van der Waals surface area (Å²) in [5.74, 6) is -0.985. The molecule has 0 fully saturated rings. The first-order chi connectivity index (χ1) is 9.47. The maximum atomic E-state index is 12.0. The molecule has 2 aromatic heterocycles. The van der Waals surface area contributed by atoms with Crippen LogP contribution in [0.3, 0.4) is 0 Å². The van der Waals surface area contributed by atoms with Gasteiger partial charge in [-0.1, -0.05) is 5.21 Å². The van der Waals surface area contributed by atoms with Gasteiger partial charge in [-0.15, -0.1) is 5.10 Å².